The molecule has 21 heavy (non-hydrogen) atoms. The van der Waals surface area contributed by atoms with Gasteiger partial charge in [-0.15, -0.1) is 0 Å². The fourth-order valence-corrected chi connectivity index (χ4v) is 1.61. The van der Waals surface area contributed by atoms with Gasteiger partial charge < -0.3 is 4.57 Å². The SMILES string of the molecule is CCCCCn1ccc(CCC)c1.O=S(=O)(O)C(F)(F)F. The van der Waals surface area contributed by atoms with Gasteiger partial charge in [0.2, 0.25) is 0 Å². The van der Waals surface area contributed by atoms with E-state index in [-0.39, 0.29) is 0 Å². The molecule has 0 spiro atoms. The van der Waals surface area contributed by atoms with E-state index in [2.05, 4.69) is 36.9 Å². The van der Waals surface area contributed by atoms with E-state index in [1.54, 1.807) is 0 Å². The van der Waals surface area contributed by atoms with Crippen LogP contribution in [0.2, 0.25) is 0 Å². The largest absolute Gasteiger partial charge is 0.522 e. The highest BCUT2D eigenvalue weighted by molar-refractivity contribution is 7.86. The van der Waals surface area contributed by atoms with Gasteiger partial charge in [0.1, 0.15) is 0 Å². The maximum atomic E-state index is 10.7. The Labute approximate surface area is 123 Å². The van der Waals surface area contributed by atoms with Gasteiger partial charge in [-0.25, -0.2) is 0 Å². The zero-order valence-electron chi connectivity index (χ0n) is 12.2. The number of alkyl halides is 3. The van der Waals surface area contributed by atoms with Crippen molar-refractivity contribution in [2.45, 2.75) is 58.0 Å². The number of unbranched alkanes of at least 4 members (excludes halogenated alkanes) is 2. The van der Waals surface area contributed by atoms with E-state index in [1.807, 2.05) is 0 Å². The van der Waals surface area contributed by atoms with Crippen LogP contribution in [0.3, 0.4) is 0 Å². The van der Waals surface area contributed by atoms with Gasteiger partial charge in [-0.1, -0.05) is 33.1 Å². The zero-order valence-corrected chi connectivity index (χ0v) is 13.0. The van der Waals surface area contributed by atoms with Crippen molar-refractivity contribution >= 4 is 10.1 Å². The summed E-state index contributed by atoms with van der Waals surface area (Å²) in [5.74, 6) is 0. The number of hydrogen-bond donors (Lipinski definition) is 1. The Kier molecular flexibility index (Phi) is 8.65. The lowest BCUT2D eigenvalue weighted by Gasteiger charge is -2.00. The van der Waals surface area contributed by atoms with Gasteiger partial charge in [-0.2, -0.15) is 21.6 Å². The Balaban J connectivity index is 0.000000433. The molecule has 0 aliphatic rings. The Hall–Kier alpha value is -1.02. The van der Waals surface area contributed by atoms with Gasteiger partial charge in [0.25, 0.3) is 0 Å². The second kappa shape index (κ2) is 9.09. The molecule has 0 saturated heterocycles. The van der Waals surface area contributed by atoms with E-state index >= 15 is 0 Å². The van der Waals surface area contributed by atoms with Crippen LogP contribution < -0.4 is 0 Å². The molecule has 1 aromatic heterocycles. The molecule has 0 radical (unpaired) electrons. The molecule has 0 aromatic carbocycles. The fraction of sp³-hybridized carbons (Fsp3) is 0.692. The van der Waals surface area contributed by atoms with Crippen LogP contribution in [0.1, 0.15) is 45.1 Å². The molecule has 0 saturated carbocycles. The topological polar surface area (TPSA) is 59.3 Å². The lowest BCUT2D eigenvalue weighted by atomic mass is 10.2. The van der Waals surface area contributed by atoms with E-state index in [4.69, 9.17) is 13.0 Å². The zero-order chi connectivity index (χ0) is 16.5. The van der Waals surface area contributed by atoms with Crippen molar-refractivity contribution in [2.75, 3.05) is 0 Å². The van der Waals surface area contributed by atoms with Crippen LogP contribution in [-0.4, -0.2) is 23.0 Å². The predicted octanol–water partition coefficient (Wildman–Crippen LogP) is 4.02. The lowest BCUT2D eigenvalue weighted by Crippen LogP contribution is -2.21. The normalized spacial score (nSPS) is 11.9. The minimum atomic E-state index is -5.84. The Morgan fingerprint density at radius 1 is 1.19 bits per heavy atom. The lowest BCUT2D eigenvalue weighted by molar-refractivity contribution is -0.0510. The Morgan fingerprint density at radius 3 is 2.19 bits per heavy atom. The van der Waals surface area contributed by atoms with Crippen molar-refractivity contribution in [3.63, 3.8) is 0 Å². The molecule has 4 nitrogen and oxygen atoms in total. The first-order valence-corrected chi connectivity index (χ1v) is 8.24. The second-order valence-electron chi connectivity index (χ2n) is 4.64. The number of nitrogens with zero attached hydrogens (tertiary/aromatic N) is 1. The smallest absolute Gasteiger partial charge is 0.354 e. The number of rotatable bonds is 6. The number of hydrogen-bond acceptors (Lipinski definition) is 2. The summed E-state index contributed by atoms with van der Waals surface area (Å²) in [6.45, 7) is 5.67. The first-order valence-electron chi connectivity index (χ1n) is 6.80. The molecule has 0 bridgehead atoms. The fourth-order valence-electron chi connectivity index (χ4n) is 1.61. The van der Waals surface area contributed by atoms with Crippen LogP contribution in [0, 0.1) is 0 Å². The molecular weight excluding hydrogens is 307 g/mol. The van der Waals surface area contributed by atoms with Crippen LogP contribution in [0.25, 0.3) is 0 Å². The highest BCUT2D eigenvalue weighted by atomic mass is 32.2. The molecule has 1 aromatic rings. The average molecular weight is 329 g/mol. The molecule has 0 unspecified atom stereocenters. The standard InChI is InChI=1S/C12H21N.CHF3O3S/c1-3-5-6-9-13-10-8-12(11-13)7-4-2;2-1(3,4)8(5,6)7/h8,10-11H,3-7,9H2,1-2H3;(H,5,6,7). The monoisotopic (exact) mass is 329 g/mol. The molecule has 0 aliphatic heterocycles. The summed E-state index contributed by atoms with van der Waals surface area (Å²) in [6, 6.07) is 2.25. The summed E-state index contributed by atoms with van der Waals surface area (Å²) in [4.78, 5) is 0. The number of aromatic nitrogens is 1. The van der Waals surface area contributed by atoms with Crippen molar-refractivity contribution in [3.05, 3.63) is 24.0 Å². The van der Waals surface area contributed by atoms with Gasteiger partial charge in [-0.3, -0.25) is 4.55 Å². The van der Waals surface area contributed by atoms with Crippen molar-refractivity contribution in [2.24, 2.45) is 0 Å². The van der Waals surface area contributed by atoms with E-state index in [0.29, 0.717) is 0 Å². The average Bonchev–Trinajstić information content (AvgIpc) is 2.76. The quantitative estimate of drug-likeness (QED) is 0.487. The highest BCUT2D eigenvalue weighted by Crippen LogP contribution is 2.20. The van der Waals surface area contributed by atoms with E-state index < -0.39 is 15.6 Å². The highest BCUT2D eigenvalue weighted by Gasteiger charge is 2.44. The van der Waals surface area contributed by atoms with Gasteiger partial charge in [0.15, 0.2) is 0 Å². The van der Waals surface area contributed by atoms with Crippen molar-refractivity contribution in [3.8, 4) is 0 Å². The molecule has 0 atom stereocenters. The molecule has 8 heteroatoms. The molecule has 0 aliphatic carbocycles. The van der Waals surface area contributed by atoms with Crippen LogP contribution in [0.5, 0.6) is 0 Å². The predicted molar refractivity (Wildman–Crippen MR) is 75.6 cm³/mol. The molecule has 0 fully saturated rings. The molecule has 0 amide bonds. The van der Waals surface area contributed by atoms with Crippen LogP contribution in [-0.2, 0) is 23.1 Å². The maximum Gasteiger partial charge on any atom is 0.522 e. The molecular formula is C13H22F3NO3S. The molecule has 1 rings (SSSR count). The van der Waals surface area contributed by atoms with Crippen molar-refractivity contribution in [1.82, 2.24) is 4.57 Å². The third-order valence-electron chi connectivity index (χ3n) is 2.66. The van der Waals surface area contributed by atoms with E-state index in [0.717, 1.165) is 0 Å². The van der Waals surface area contributed by atoms with Crippen LogP contribution in [0.15, 0.2) is 18.5 Å². The van der Waals surface area contributed by atoms with Gasteiger partial charge >= 0.3 is 15.6 Å². The summed E-state index contributed by atoms with van der Waals surface area (Å²) in [6.07, 6.45) is 10.9. The summed E-state index contributed by atoms with van der Waals surface area (Å²) in [5.41, 5.74) is -4.05. The van der Waals surface area contributed by atoms with Crippen LogP contribution >= 0.6 is 0 Å². The third-order valence-corrected chi connectivity index (χ3v) is 3.25. The van der Waals surface area contributed by atoms with Crippen molar-refractivity contribution < 1.29 is 26.1 Å². The summed E-state index contributed by atoms with van der Waals surface area (Å²) in [5, 5.41) is 0. The Morgan fingerprint density at radius 2 is 1.76 bits per heavy atom. The summed E-state index contributed by atoms with van der Waals surface area (Å²) in [7, 11) is -5.84. The summed E-state index contributed by atoms with van der Waals surface area (Å²) >= 11 is 0. The van der Waals surface area contributed by atoms with E-state index in [1.165, 1.54) is 44.2 Å². The number of aryl methyl sites for hydroxylation is 2. The van der Waals surface area contributed by atoms with E-state index in [9.17, 15) is 13.2 Å². The van der Waals surface area contributed by atoms with Crippen molar-refractivity contribution in [1.29, 1.82) is 0 Å². The summed E-state index contributed by atoms with van der Waals surface area (Å²) < 4.78 is 59.9. The van der Waals surface area contributed by atoms with Gasteiger partial charge in [0.05, 0.1) is 0 Å². The second-order valence-corrected chi connectivity index (χ2v) is 6.05. The minimum Gasteiger partial charge on any atom is -0.354 e. The molecule has 1 N–H and O–H groups in total. The number of halogens is 3. The first-order chi connectivity index (χ1) is 9.61. The maximum absolute atomic E-state index is 10.7. The third kappa shape index (κ3) is 8.77. The first kappa shape index (κ1) is 20.0. The molecule has 1 heterocycles. The Bertz CT molecular complexity index is 495. The van der Waals surface area contributed by atoms with Gasteiger partial charge in [0, 0.05) is 18.9 Å². The van der Waals surface area contributed by atoms with Gasteiger partial charge in [-0.05, 0) is 24.5 Å². The van der Waals surface area contributed by atoms with Crippen LogP contribution in [0.4, 0.5) is 13.2 Å². The molecule has 124 valence electrons. The minimum absolute atomic E-state index is 1.19.